The first-order valence-corrected chi connectivity index (χ1v) is 6.31. The van der Waals surface area contributed by atoms with Gasteiger partial charge in [0, 0.05) is 19.0 Å². The van der Waals surface area contributed by atoms with E-state index in [0.717, 1.165) is 0 Å². The van der Waals surface area contributed by atoms with Gasteiger partial charge >= 0.3 is 18.0 Å². The van der Waals surface area contributed by atoms with Crippen LogP contribution in [0.4, 0.5) is 4.79 Å². The van der Waals surface area contributed by atoms with Crippen molar-refractivity contribution in [3.05, 3.63) is 0 Å². The minimum absolute atomic E-state index is 0.245. The van der Waals surface area contributed by atoms with Gasteiger partial charge in [-0.1, -0.05) is 0 Å². The summed E-state index contributed by atoms with van der Waals surface area (Å²) in [6, 6.07) is -0.910. The van der Waals surface area contributed by atoms with Crippen LogP contribution in [0, 0.1) is 5.92 Å². The van der Waals surface area contributed by atoms with Crippen molar-refractivity contribution in [2.75, 3.05) is 13.2 Å². The summed E-state index contributed by atoms with van der Waals surface area (Å²) in [4.78, 5) is 33.1. The molecule has 7 nitrogen and oxygen atoms in total. The molecule has 2 atom stereocenters. The van der Waals surface area contributed by atoms with Crippen LogP contribution in [0.2, 0.25) is 0 Å². The summed E-state index contributed by atoms with van der Waals surface area (Å²) in [6.07, 6.45) is 0.727. The van der Waals surface area contributed by atoms with Crippen molar-refractivity contribution in [3.63, 3.8) is 0 Å². The number of rotatable bonds is 8. The third kappa shape index (κ3) is 8.01. The van der Waals surface area contributed by atoms with Crippen molar-refractivity contribution in [1.29, 1.82) is 0 Å². The molecule has 0 bridgehead atoms. The summed E-state index contributed by atoms with van der Waals surface area (Å²) in [7, 11) is 0. The lowest BCUT2D eigenvalue weighted by Gasteiger charge is -2.18. The van der Waals surface area contributed by atoms with E-state index in [1.54, 1.807) is 13.8 Å². The third-order valence-corrected chi connectivity index (χ3v) is 2.65. The molecule has 110 valence electrons. The summed E-state index contributed by atoms with van der Waals surface area (Å²) in [6.45, 7) is 5.55. The highest BCUT2D eigenvalue weighted by Crippen LogP contribution is 2.01. The predicted octanol–water partition coefficient (Wildman–Crippen LogP) is 0.738. The highest BCUT2D eigenvalue weighted by Gasteiger charge is 2.20. The zero-order chi connectivity index (χ0) is 14.8. The second kappa shape index (κ2) is 9.18. The number of nitrogens with one attached hydrogen (secondary N) is 2. The highest BCUT2D eigenvalue weighted by molar-refractivity contribution is 5.76. The van der Waals surface area contributed by atoms with E-state index in [0.29, 0.717) is 19.6 Å². The number of esters is 1. The Morgan fingerprint density at radius 3 is 2.42 bits per heavy atom. The fourth-order valence-corrected chi connectivity index (χ4v) is 1.26. The molecule has 0 aliphatic rings. The molecule has 19 heavy (non-hydrogen) atoms. The normalized spacial score (nSPS) is 13.2. The SMILES string of the molecule is CCOC(=O)CCCNC(=O)NC(C)C(C)C(=O)O. The van der Waals surface area contributed by atoms with E-state index >= 15 is 0 Å². The second-order valence-electron chi connectivity index (χ2n) is 4.22. The van der Waals surface area contributed by atoms with E-state index in [1.807, 2.05) is 0 Å². The summed E-state index contributed by atoms with van der Waals surface area (Å²) in [5.74, 6) is -1.92. The van der Waals surface area contributed by atoms with E-state index in [-0.39, 0.29) is 12.4 Å². The number of carboxylic acids is 1. The Bertz CT molecular complexity index is 319. The fraction of sp³-hybridized carbons (Fsp3) is 0.750. The summed E-state index contributed by atoms with van der Waals surface area (Å²) in [5, 5.41) is 13.8. The van der Waals surface area contributed by atoms with Crippen molar-refractivity contribution >= 4 is 18.0 Å². The Kier molecular flexibility index (Phi) is 8.32. The summed E-state index contributed by atoms with van der Waals surface area (Å²) < 4.78 is 4.74. The van der Waals surface area contributed by atoms with E-state index < -0.39 is 24.0 Å². The summed E-state index contributed by atoms with van der Waals surface area (Å²) in [5.41, 5.74) is 0. The lowest BCUT2D eigenvalue weighted by Crippen LogP contribution is -2.45. The number of hydrogen-bond acceptors (Lipinski definition) is 4. The molecule has 0 spiro atoms. The predicted molar refractivity (Wildman–Crippen MR) is 68.7 cm³/mol. The number of amides is 2. The Hall–Kier alpha value is -1.79. The molecule has 0 rings (SSSR count). The van der Waals surface area contributed by atoms with E-state index in [2.05, 4.69) is 10.6 Å². The fourth-order valence-electron chi connectivity index (χ4n) is 1.26. The van der Waals surface area contributed by atoms with Crippen LogP contribution in [0.25, 0.3) is 0 Å². The molecule has 0 aromatic rings. The van der Waals surface area contributed by atoms with Crippen LogP contribution >= 0.6 is 0 Å². The molecular weight excluding hydrogens is 252 g/mol. The van der Waals surface area contributed by atoms with Crippen molar-refractivity contribution in [1.82, 2.24) is 10.6 Å². The number of carboxylic acid groups (broad SMARTS) is 1. The van der Waals surface area contributed by atoms with Crippen molar-refractivity contribution in [2.24, 2.45) is 5.92 Å². The highest BCUT2D eigenvalue weighted by atomic mass is 16.5. The monoisotopic (exact) mass is 274 g/mol. The van der Waals surface area contributed by atoms with Gasteiger partial charge in [0.05, 0.1) is 12.5 Å². The molecule has 0 aromatic heterocycles. The lowest BCUT2D eigenvalue weighted by molar-refractivity contribution is -0.143. The average molecular weight is 274 g/mol. The maximum Gasteiger partial charge on any atom is 0.315 e. The minimum atomic E-state index is -0.963. The summed E-state index contributed by atoms with van der Waals surface area (Å²) >= 11 is 0. The quantitative estimate of drug-likeness (QED) is 0.447. The van der Waals surface area contributed by atoms with Gasteiger partial charge in [-0.2, -0.15) is 0 Å². The molecule has 0 aromatic carbocycles. The molecule has 0 fully saturated rings. The first-order valence-electron chi connectivity index (χ1n) is 6.31. The van der Waals surface area contributed by atoms with E-state index in [1.165, 1.54) is 6.92 Å². The number of carbonyl (C=O) groups excluding carboxylic acids is 2. The number of carbonyl (C=O) groups is 3. The van der Waals surface area contributed by atoms with Gasteiger partial charge in [0.15, 0.2) is 0 Å². The smallest absolute Gasteiger partial charge is 0.315 e. The molecule has 0 heterocycles. The Balaban J connectivity index is 3.76. The van der Waals surface area contributed by atoms with E-state index in [4.69, 9.17) is 9.84 Å². The number of urea groups is 1. The molecule has 3 N–H and O–H groups in total. The van der Waals surface area contributed by atoms with Gasteiger partial charge in [-0.05, 0) is 27.2 Å². The van der Waals surface area contributed by atoms with Gasteiger partial charge < -0.3 is 20.5 Å². The van der Waals surface area contributed by atoms with Gasteiger partial charge in [0.25, 0.3) is 0 Å². The van der Waals surface area contributed by atoms with Gasteiger partial charge in [-0.25, -0.2) is 4.79 Å². The van der Waals surface area contributed by atoms with Crippen LogP contribution in [0.3, 0.4) is 0 Å². The number of aliphatic carboxylic acids is 1. The first-order chi connectivity index (χ1) is 8.88. The van der Waals surface area contributed by atoms with Crippen LogP contribution < -0.4 is 10.6 Å². The zero-order valence-electron chi connectivity index (χ0n) is 11.6. The largest absolute Gasteiger partial charge is 0.481 e. The Labute approximate surface area is 112 Å². The molecule has 2 unspecified atom stereocenters. The maximum absolute atomic E-state index is 11.4. The first kappa shape index (κ1) is 17.2. The molecule has 0 radical (unpaired) electrons. The van der Waals surface area contributed by atoms with Crippen molar-refractivity contribution < 1.29 is 24.2 Å². The zero-order valence-corrected chi connectivity index (χ0v) is 11.6. The molecule has 0 saturated carbocycles. The molecule has 0 aliphatic heterocycles. The van der Waals surface area contributed by atoms with E-state index in [9.17, 15) is 14.4 Å². The minimum Gasteiger partial charge on any atom is -0.481 e. The maximum atomic E-state index is 11.4. The second-order valence-corrected chi connectivity index (χ2v) is 4.22. The third-order valence-electron chi connectivity index (χ3n) is 2.65. The molecule has 0 saturated heterocycles. The van der Waals surface area contributed by atoms with Gasteiger partial charge in [-0.3, -0.25) is 9.59 Å². The standard InChI is InChI=1S/C12H22N2O5/c1-4-19-10(15)6-5-7-13-12(18)14-9(3)8(2)11(16)17/h8-9H,4-7H2,1-3H3,(H,16,17)(H2,13,14,18). The van der Waals surface area contributed by atoms with Crippen LogP contribution in [0.5, 0.6) is 0 Å². The Morgan fingerprint density at radius 1 is 1.26 bits per heavy atom. The average Bonchev–Trinajstić information content (AvgIpc) is 2.33. The van der Waals surface area contributed by atoms with Crippen LogP contribution in [-0.4, -0.2) is 42.3 Å². The van der Waals surface area contributed by atoms with Crippen LogP contribution in [0.1, 0.15) is 33.6 Å². The Morgan fingerprint density at radius 2 is 1.89 bits per heavy atom. The van der Waals surface area contributed by atoms with Crippen molar-refractivity contribution in [2.45, 2.75) is 39.7 Å². The number of ether oxygens (including phenoxy) is 1. The lowest BCUT2D eigenvalue weighted by atomic mass is 10.0. The van der Waals surface area contributed by atoms with Crippen molar-refractivity contribution in [3.8, 4) is 0 Å². The molecular formula is C12H22N2O5. The number of hydrogen-bond donors (Lipinski definition) is 3. The van der Waals surface area contributed by atoms with Gasteiger partial charge in [0.2, 0.25) is 0 Å². The molecule has 7 heteroatoms. The van der Waals surface area contributed by atoms with Gasteiger partial charge in [-0.15, -0.1) is 0 Å². The van der Waals surface area contributed by atoms with Crippen LogP contribution in [-0.2, 0) is 14.3 Å². The topological polar surface area (TPSA) is 105 Å². The van der Waals surface area contributed by atoms with Crippen LogP contribution in [0.15, 0.2) is 0 Å². The molecule has 2 amide bonds. The van der Waals surface area contributed by atoms with Gasteiger partial charge in [0.1, 0.15) is 0 Å². The molecule has 0 aliphatic carbocycles.